The van der Waals surface area contributed by atoms with E-state index in [4.69, 9.17) is 4.74 Å². The van der Waals surface area contributed by atoms with E-state index in [1.807, 2.05) is 21.7 Å². The molecule has 4 rings (SSSR count). The van der Waals surface area contributed by atoms with Crippen molar-refractivity contribution in [3.63, 3.8) is 0 Å². The number of likely N-dealkylation sites (tertiary alicyclic amines) is 1. The van der Waals surface area contributed by atoms with Gasteiger partial charge < -0.3 is 14.6 Å². The highest BCUT2D eigenvalue weighted by Gasteiger charge is 2.38. The number of carbonyl (C=O) groups is 1. The lowest BCUT2D eigenvalue weighted by Gasteiger charge is -2.40. The van der Waals surface area contributed by atoms with Gasteiger partial charge >= 0.3 is 0 Å². The summed E-state index contributed by atoms with van der Waals surface area (Å²) >= 11 is 0. The van der Waals surface area contributed by atoms with Gasteiger partial charge in [-0.3, -0.25) is 4.79 Å². The molecular weight excluding hydrogens is 282 g/mol. The minimum Gasteiger partial charge on any atom is -0.370 e. The number of aryl methyl sites for hydroxylation is 1. The number of fused-ring (bicyclic) bond motifs is 3. The van der Waals surface area contributed by atoms with Gasteiger partial charge in [0, 0.05) is 18.8 Å². The lowest BCUT2D eigenvalue weighted by molar-refractivity contribution is -0.0605. The van der Waals surface area contributed by atoms with Crippen LogP contribution in [-0.2, 0) is 17.8 Å². The van der Waals surface area contributed by atoms with Crippen LogP contribution in [0.2, 0.25) is 0 Å². The summed E-state index contributed by atoms with van der Waals surface area (Å²) in [4.78, 5) is 17.7. The van der Waals surface area contributed by atoms with E-state index in [1.165, 1.54) is 0 Å². The molecule has 2 aliphatic heterocycles. The van der Waals surface area contributed by atoms with Crippen LogP contribution in [0.25, 0.3) is 0 Å². The van der Waals surface area contributed by atoms with Crippen molar-refractivity contribution < 1.29 is 9.53 Å². The molecule has 1 saturated heterocycles. The van der Waals surface area contributed by atoms with Crippen molar-refractivity contribution in [2.45, 2.75) is 38.5 Å². The van der Waals surface area contributed by atoms with Gasteiger partial charge in [-0.2, -0.15) is 0 Å². The van der Waals surface area contributed by atoms with Crippen molar-refractivity contribution in [2.24, 2.45) is 0 Å². The number of carbonyl (C=O) groups excluding carboxylic acids is 1. The molecule has 2 unspecified atom stereocenters. The maximum absolute atomic E-state index is 12.7. The molecule has 1 fully saturated rings. The van der Waals surface area contributed by atoms with Gasteiger partial charge in [0.15, 0.2) is 0 Å². The lowest BCUT2D eigenvalue weighted by Crippen LogP contribution is -2.50. The van der Waals surface area contributed by atoms with Crippen LogP contribution in [-0.4, -0.2) is 50.0 Å². The van der Waals surface area contributed by atoms with Gasteiger partial charge in [-0.05, 0) is 25.0 Å². The number of nitrogens with one attached hydrogen (secondary N) is 1. The third-order valence-corrected chi connectivity index (χ3v) is 4.57. The highest BCUT2D eigenvalue weighted by atomic mass is 16.5. The van der Waals surface area contributed by atoms with E-state index < -0.39 is 0 Å². The highest BCUT2D eigenvalue weighted by Crippen LogP contribution is 2.30. The van der Waals surface area contributed by atoms with Crippen LogP contribution in [0.3, 0.4) is 0 Å². The van der Waals surface area contributed by atoms with Crippen LogP contribution in [0, 0.1) is 0 Å². The minimum absolute atomic E-state index is 0.0467. The SMILES string of the molecule is CCc1ccc(C(=O)N2CCC3OCc4cnnn4C3C2)[nH]1. The molecule has 2 aliphatic rings. The Labute approximate surface area is 128 Å². The number of piperidine rings is 1. The summed E-state index contributed by atoms with van der Waals surface area (Å²) in [7, 11) is 0. The fourth-order valence-corrected chi connectivity index (χ4v) is 3.31. The quantitative estimate of drug-likeness (QED) is 0.903. The van der Waals surface area contributed by atoms with Crippen molar-refractivity contribution in [3.8, 4) is 0 Å². The van der Waals surface area contributed by atoms with Gasteiger partial charge in [0.2, 0.25) is 0 Å². The molecule has 0 bridgehead atoms. The Morgan fingerprint density at radius 1 is 1.50 bits per heavy atom. The van der Waals surface area contributed by atoms with Crippen LogP contribution in [0.4, 0.5) is 0 Å². The molecule has 7 nitrogen and oxygen atoms in total. The maximum atomic E-state index is 12.7. The normalized spacial score (nSPS) is 24.0. The molecule has 2 aromatic rings. The second-order valence-corrected chi connectivity index (χ2v) is 5.88. The first kappa shape index (κ1) is 13.5. The molecule has 7 heteroatoms. The van der Waals surface area contributed by atoms with Crippen molar-refractivity contribution >= 4 is 5.91 Å². The first-order valence-corrected chi connectivity index (χ1v) is 7.74. The summed E-state index contributed by atoms with van der Waals surface area (Å²) in [5.74, 6) is 0.0467. The molecule has 22 heavy (non-hydrogen) atoms. The number of nitrogens with zero attached hydrogens (tertiary/aromatic N) is 4. The summed E-state index contributed by atoms with van der Waals surface area (Å²) in [5.41, 5.74) is 2.72. The van der Waals surface area contributed by atoms with Gasteiger partial charge in [-0.1, -0.05) is 12.1 Å². The van der Waals surface area contributed by atoms with E-state index in [-0.39, 0.29) is 18.1 Å². The Kier molecular flexibility index (Phi) is 3.22. The number of rotatable bonds is 2. The number of hydrogen-bond donors (Lipinski definition) is 1. The Morgan fingerprint density at radius 2 is 2.41 bits per heavy atom. The number of aromatic nitrogens is 4. The molecule has 0 aromatic carbocycles. The zero-order chi connectivity index (χ0) is 15.1. The van der Waals surface area contributed by atoms with Crippen molar-refractivity contribution in [3.05, 3.63) is 35.4 Å². The lowest BCUT2D eigenvalue weighted by atomic mass is 10.00. The fraction of sp³-hybridized carbons (Fsp3) is 0.533. The van der Waals surface area contributed by atoms with E-state index in [0.717, 1.165) is 24.2 Å². The molecule has 1 N–H and O–H groups in total. The average Bonchev–Trinajstić information content (AvgIpc) is 3.22. The number of amides is 1. The number of ether oxygens (including phenoxy) is 1. The minimum atomic E-state index is 0.0467. The summed E-state index contributed by atoms with van der Waals surface area (Å²) < 4.78 is 7.79. The molecular formula is C15H19N5O2. The average molecular weight is 301 g/mol. The second-order valence-electron chi connectivity index (χ2n) is 5.88. The third kappa shape index (κ3) is 2.12. The highest BCUT2D eigenvalue weighted by molar-refractivity contribution is 5.92. The van der Waals surface area contributed by atoms with Crippen LogP contribution in [0.1, 0.15) is 41.3 Å². The third-order valence-electron chi connectivity index (χ3n) is 4.57. The number of H-pyrrole nitrogens is 1. The summed E-state index contributed by atoms with van der Waals surface area (Å²) in [5, 5.41) is 8.13. The maximum Gasteiger partial charge on any atom is 0.270 e. The van der Waals surface area contributed by atoms with E-state index in [9.17, 15) is 4.79 Å². The Balaban J connectivity index is 1.55. The predicted molar refractivity (Wildman–Crippen MR) is 78.3 cm³/mol. The first-order valence-electron chi connectivity index (χ1n) is 7.74. The topological polar surface area (TPSA) is 76.0 Å². The van der Waals surface area contributed by atoms with Gasteiger partial charge in [-0.15, -0.1) is 5.10 Å². The molecule has 1 amide bonds. The molecule has 2 aromatic heterocycles. The van der Waals surface area contributed by atoms with Crippen molar-refractivity contribution in [2.75, 3.05) is 13.1 Å². The van der Waals surface area contributed by atoms with Gasteiger partial charge in [0.05, 0.1) is 30.6 Å². The first-order chi connectivity index (χ1) is 10.8. The van der Waals surface area contributed by atoms with Crippen molar-refractivity contribution in [1.82, 2.24) is 24.9 Å². The number of aromatic amines is 1. The van der Waals surface area contributed by atoms with Crippen LogP contribution in [0.5, 0.6) is 0 Å². The van der Waals surface area contributed by atoms with E-state index >= 15 is 0 Å². The van der Waals surface area contributed by atoms with Crippen molar-refractivity contribution in [1.29, 1.82) is 0 Å². The predicted octanol–water partition coefficient (Wildman–Crippen LogP) is 1.15. The van der Waals surface area contributed by atoms with Crippen LogP contribution in [0.15, 0.2) is 18.3 Å². The standard InChI is InChI=1S/C15H19N5O2/c1-2-10-3-4-12(17-10)15(21)19-6-5-14-13(8-19)20-11(9-22-14)7-16-18-20/h3-4,7,13-14,17H,2,5-6,8-9H2,1H3. The fourth-order valence-electron chi connectivity index (χ4n) is 3.31. The van der Waals surface area contributed by atoms with E-state index in [0.29, 0.717) is 25.4 Å². The summed E-state index contributed by atoms with van der Waals surface area (Å²) in [6.07, 6.45) is 3.58. The molecule has 0 spiro atoms. The van der Waals surface area contributed by atoms with E-state index in [2.05, 4.69) is 22.2 Å². The van der Waals surface area contributed by atoms with Gasteiger partial charge in [-0.25, -0.2) is 4.68 Å². The zero-order valence-corrected chi connectivity index (χ0v) is 12.5. The summed E-state index contributed by atoms with van der Waals surface area (Å²) in [6, 6.07) is 3.90. The molecule has 0 saturated carbocycles. The van der Waals surface area contributed by atoms with Crippen LogP contribution >= 0.6 is 0 Å². The van der Waals surface area contributed by atoms with E-state index in [1.54, 1.807) is 6.20 Å². The van der Waals surface area contributed by atoms with Gasteiger partial charge in [0.25, 0.3) is 5.91 Å². The zero-order valence-electron chi connectivity index (χ0n) is 12.5. The molecule has 0 aliphatic carbocycles. The second kappa shape index (κ2) is 5.24. The Morgan fingerprint density at radius 3 is 3.23 bits per heavy atom. The van der Waals surface area contributed by atoms with Gasteiger partial charge in [0.1, 0.15) is 5.69 Å². The number of hydrogen-bond acceptors (Lipinski definition) is 4. The Bertz CT molecular complexity index is 692. The monoisotopic (exact) mass is 301 g/mol. The molecule has 116 valence electrons. The van der Waals surface area contributed by atoms with Crippen LogP contribution < -0.4 is 0 Å². The summed E-state index contributed by atoms with van der Waals surface area (Å²) in [6.45, 7) is 3.95. The molecule has 0 radical (unpaired) electrons. The Hall–Kier alpha value is -2.15. The molecule has 4 heterocycles. The smallest absolute Gasteiger partial charge is 0.270 e. The largest absolute Gasteiger partial charge is 0.370 e. The molecule has 2 atom stereocenters.